The summed E-state index contributed by atoms with van der Waals surface area (Å²) in [7, 11) is 1.57. The van der Waals surface area contributed by atoms with Gasteiger partial charge in [0.1, 0.15) is 23.2 Å². The average molecular weight is 488 g/mol. The molecule has 36 heavy (non-hydrogen) atoms. The number of carboxylic acid groups (broad SMARTS) is 1. The number of hydrogen-bond acceptors (Lipinski definition) is 6. The first-order valence-electron chi connectivity index (χ1n) is 11.3. The van der Waals surface area contributed by atoms with Crippen molar-refractivity contribution >= 4 is 11.8 Å². The summed E-state index contributed by atoms with van der Waals surface area (Å²) >= 11 is 0. The Bertz CT molecular complexity index is 1390. The SMILES string of the molecule is COc1ccc(-c2ccc(-c3cc(CNc4cnc(C5C[C@H]5C(=O)O)cn4)c(F)cc3F)cc2)nc1. The van der Waals surface area contributed by atoms with Crippen LogP contribution in [0.3, 0.4) is 0 Å². The summed E-state index contributed by atoms with van der Waals surface area (Å²) in [6.07, 6.45) is 5.19. The smallest absolute Gasteiger partial charge is 0.307 e. The second-order valence-corrected chi connectivity index (χ2v) is 8.55. The van der Waals surface area contributed by atoms with E-state index in [9.17, 15) is 13.6 Å². The fourth-order valence-corrected chi connectivity index (χ4v) is 4.04. The van der Waals surface area contributed by atoms with E-state index >= 15 is 0 Å². The van der Waals surface area contributed by atoms with E-state index in [4.69, 9.17) is 9.84 Å². The van der Waals surface area contributed by atoms with Gasteiger partial charge in [0.15, 0.2) is 0 Å². The molecule has 0 bridgehead atoms. The Morgan fingerprint density at radius 3 is 2.39 bits per heavy atom. The van der Waals surface area contributed by atoms with E-state index in [-0.39, 0.29) is 23.6 Å². The first kappa shape index (κ1) is 23.3. The number of anilines is 1. The highest BCUT2D eigenvalue weighted by molar-refractivity contribution is 5.75. The molecule has 7 nitrogen and oxygen atoms in total. The Morgan fingerprint density at radius 1 is 1.00 bits per heavy atom. The molecule has 0 amide bonds. The molecular formula is C27H22F2N4O3. The summed E-state index contributed by atoms with van der Waals surface area (Å²) in [6.45, 7) is 0.0716. The molecule has 2 heterocycles. The van der Waals surface area contributed by atoms with Gasteiger partial charge in [-0.25, -0.2) is 13.8 Å². The highest BCUT2D eigenvalue weighted by atomic mass is 19.1. The van der Waals surface area contributed by atoms with Gasteiger partial charge in [0, 0.05) is 35.2 Å². The summed E-state index contributed by atoms with van der Waals surface area (Å²) in [5.74, 6) is -1.63. The second-order valence-electron chi connectivity index (χ2n) is 8.55. The fourth-order valence-electron chi connectivity index (χ4n) is 4.04. The summed E-state index contributed by atoms with van der Waals surface area (Å²) in [5.41, 5.74) is 3.38. The van der Waals surface area contributed by atoms with E-state index in [1.54, 1.807) is 25.4 Å². The maximum Gasteiger partial charge on any atom is 0.307 e. The van der Waals surface area contributed by atoms with Crippen molar-refractivity contribution in [1.29, 1.82) is 0 Å². The molecule has 1 aliphatic carbocycles. The third-order valence-electron chi connectivity index (χ3n) is 6.22. The summed E-state index contributed by atoms with van der Waals surface area (Å²) in [5, 5.41) is 12.0. The predicted octanol–water partition coefficient (Wildman–Crippen LogP) is 5.29. The lowest BCUT2D eigenvalue weighted by Gasteiger charge is -2.11. The number of carboxylic acids is 1. The molecule has 2 aromatic carbocycles. The van der Waals surface area contributed by atoms with Crippen LogP contribution in [0.25, 0.3) is 22.4 Å². The zero-order chi connectivity index (χ0) is 25.2. The topological polar surface area (TPSA) is 97.2 Å². The molecule has 1 unspecified atom stereocenters. The Kier molecular flexibility index (Phi) is 6.28. The lowest BCUT2D eigenvalue weighted by Crippen LogP contribution is -2.06. The molecule has 182 valence electrons. The van der Waals surface area contributed by atoms with Crippen LogP contribution in [0.4, 0.5) is 14.6 Å². The summed E-state index contributed by atoms with van der Waals surface area (Å²) in [6, 6.07) is 13.2. The quantitative estimate of drug-likeness (QED) is 0.348. The molecule has 1 aliphatic rings. The van der Waals surface area contributed by atoms with E-state index < -0.39 is 23.5 Å². The zero-order valence-electron chi connectivity index (χ0n) is 19.3. The van der Waals surface area contributed by atoms with Gasteiger partial charge in [-0.15, -0.1) is 0 Å². The van der Waals surface area contributed by atoms with Crippen molar-refractivity contribution in [3.8, 4) is 28.1 Å². The molecule has 5 rings (SSSR count). The number of benzene rings is 2. The number of hydrogen-bond donors (Lipinski definition) is 2. The molecule has 0 spiro atoms. The third-order valence-corrected chi connectivity index (χ3v) is 6.22. The third kappa shape index (κ3) is 4.86. The number of pyridine rings is 1. The van der Waals surface area contributed by atoms with E-state index in [0.29, 0.717) is 29.2 Å². The first-order chi connectivity index (χ1) is 17.4. The van der Waals surface area contributed by atoms with Crippen molar-refractivity contribution in [2.75, 3.05) is 12.4 Å². The minimum atomic E-state index is -0.835. The van der Waals surface area contributed by atoms with E-state index in [1.807, 2.05) is 24.3 Å². The van der Waals surface area contributed by atoms with Gasteiger partial charge >= 0.3 is 5.97 Å². The van der Waals surface area contributed by atoms with Crippen LogP contribution in [0.2, 0.25) is 0 Å². The first-order valence-corrected chi connectivity index (χ1v) is 11.3. The highest BCUT2D eigenvalue weighted by Gasteiger charge is 2.45. The molecule has 4 aromatic rings. The van der Waals surface area contributed by atoms with Crippen LogP contribution < -0.4 is 10.1 Å². The van der Waals surface area contributed by atoms with Crippen LogP contribution in [0, 0.1) is 17.6 Å². The second kappa shape index (κ2) is 9.69. The zero-order valence-corrected chi connectivity index (χ0v) is 19.3. The van der Waals surface area contributed by atoms with Gasteiger partial charge in [-0.05, 0) is 30.2 Å². The van der Waals surface area contributed by atoms with E-state index in [0.717, 1.165) is 17.3 Å². The van der Waals surface area contributed by atoms with E-state index in [2.05, 4.69) is 20.3 Å². The number of ether oxygens (including phenoxy) is 1. The van der Waals surface area contributed by atoms with Crippen molar-refractivity contribution in [2.24, 2.45) is 5.92 Å². The molecule has 2 N–H and O–H groups in total. The molecule has 1 fully saturated rings. The number of aliphatic carboxylic acids is 1. The monoisotopic (exact) mass is 488 g/mol. The largest absolute Gasteiger partial charge is 0.495 e. The summed E-state index contributed by atoms with van der Waals surface area (Å²) in [4.78, 5) is 23.9. The van der Waals surface area contributed by atoms with Gasteiger partial charge < -0.3 is 15.2 Å². The van der Waals surface area contributed by atoms with Crippen molar-refractivity contribution in [3.63, 3.8) is 0 Å². The number of nitrogens with zero attached hydrogens (tertiary/aromatic N) is 3. The number of rotatable bonds is 8. The van der Waals surface area contributed by atoms with Gasteiger partial charge in [-0.2, -0.15) is 0 Å². The summed E-state index contributed by atoms with van der Waals surface area (Å²) < 4.78 is 34.3. The van der Waals surface area contributed by atoms with E-state index in [1.165, 1.54) is 18.5 Å². The highest BCUT2D eigenvalue weighted by Crippen LogP contribution is 2.46. The fraction of sp³-hybridized carbons (Fsp3) is 0.185. The molecule has 2 atom stereocenters. The van der Waals surface area contributed by atoms with Crippen LogP contribution in [-0.2, 0) is 11.3 Å². The van der Waals surface area contributed by atoms with Crippen LogP contribution >= 0.6 is 0 Å². The molecular weight excluding hydrogens is 466 g/mol. The van der Waals surface area contributed by atoms with Gasteiger partial charge in [0.25, 0.3) is 0 Å². The van der Waals surface area contributed by atoms with Crippen molar-refractivity contribution in [1.82, 2.24) is 15.0 Å². The average Bonchev–Trinajstić information content (AvgIpc) is 3.70. The number of nitrogens with one attached hydrogen (secondary N) is 1. The molecule has 2 aromatic heterocycles. The maximum absolute atomic E-state index is 14.6. The lowest BCUT2D eigenvalue weighted by atomic mass is 9.99. The van der Waals surface area contributed by atoms with Crippen LogP contribution in [-0.4, -0.2) is 33.1 Å². The minimum Gasteiger partial charge on any atom is -0.495 e. The van der Waals surface area contributed by atoms with Gasteiger partial charge in [0.2, 0.25) is 0 Å². The Hall–Kier alpha value is -4.40. The normalized spacial score (nSPS) is 16.4. The van der Waals surface area contributed by atoms with Crippen molar-refractivity contribution in [2.45, 2.75) is 18.9 Å². The van der Waals surface area contributed by atoms with Crippen LogP contribution in [0.15, 0.2) is 67.1 Å². The number of halogens is 2. The Morgan fingerprint density at radius 2 is 1.78 bits per heavy atom. The Labute approximate surface area is 205 Å². The molecule has 1 saturated carbocycles. The molecule has 9 heteroatoms. The standard InChI is InChI=1S/C27H22F2N4O3/c1-36-18-6-7-24(30-12-18)16-4-2-15(3-5-16)19-8-17(22(28)10-23(19)29)11-32-26-14-31-25(13-33-26)20-9-21(20)27(34)35/h2-8,10,12-14,20-21H,9,11H2,1H3,(H,32,33)(H,34,35)/t20?,21-/m1/s1. The lowest BCUT2D eigenvalue weighted by molar-refractivity contribution is -0.138. The minimum absolute atomic E-state index is 0.0716. The number of methoxy groups -OCH3 is 1. The van der Waals surface area contributed by atoms with Crippen molar-refractivity contribution in [3.05, 3.63) is 90.0 Å². The van der Waals surface area contributed by atoms with Gasteiger partial charge in [-0.1, -0.05) is 24.3 Å². The van der Waals surface area contributed by atoms with Crippen LogP contribution in [0.5, 0.6) is 5.75 Å². The van der Waals surface area contributed by atoms with Crippen molar-refractivity contribution < 1.29 is 23.4 Å². The van der Waals surface area contributed by atoms with Gasteiger partial charge in [0.05, 0.1) is 43.0 Å². The number of carbonyl (C=O) groups is 1. The van der Waals surface area contributed by atoms with Crippen LogP contribution in [0.1, 0.15) is 23.6 Å². The molecule has 0 saturated heterocycles. The Balaban J connectivity index is 1.29. The molecule has 0 radical (unpaired) electrons. The molecule has 0 aliphatic heterocycles. The number of aromatic nitrogens is 3. The predicted molar refractivity (Wildman–Crippen MR) is 129 cm³/mol. The maximum atomic E-state index is 14.6. The van der Waals surface area contributed by atoms with Gasteiger partial charge in [-0.3, -0.25) is 14.8 Å².